The van der Waals surface area contributed by atoms with Crippen LogP contribution in [-0.2, 0) is 0 Å². The standard InChI is InChI=1S/C17H23NO/c1-17(2,13-18)11-6-12-19-16-10-5-8-14-7-3-4-9-15(14)16/h3-5,7-10H,6,11-13,18H2,1-2H3. The van der Waals surface area contributed by atoms with Gasteiger partial charge in [-0.2, -0.15) is 0 Å². The lowest BCUT2D eigenvalue weighted by Crippen LogP contribution is -2.23. The van der Waals surface area contributed by atoms with Crippen LogP contribution < -0.4 is 10.5 Å². The molecule has 0 saturated carbocycles. The number of nitrogens with two attached hydrogens (primary N) is 1. The van der Waals surface area contributed by atoms with Gasteiger partial charge in [0.15, 0.2) is 0 Å². The first kappa shape index (κ1) is 13.9. The summed E-state index contributed by atoms with van der Waals surface area (Å²) in [7, 11) is 0. The molecule has 0 atom stereocenters. The van der Waals surface area contributed by atoms with E-state index in [1.807, 2.05) is 18.2 Å². The zero-order chi connectivity index (χ0) is 13.7. The summed E-state index contributed by atoms with van der Waals surface area (Å²) in [5.41, 5.74) is 5.94. The Kier molecular flexibility index (Phi) is 4.43. The minimum Gasteiger partial charge on any atom is -0.493 e. The lowest BCUT2D eigenvalue weighted by Gasteiger charge is -2.22. The Morgan fingerprint density at radius 3 is 2.58 bits per heavy atom. The average Bonchev–Trinajstić information content (AvgIpc) is 2.44. The molecule has 0 heterocycles. The van der Waals surface area contributed by atoms with E-state index in [4.69, 9.17) is 10.5 Å². The van der Waals surface area contributed by atoms with Gasteiger partial charge in [0.1, 0.15) is 5.75 Å². The van der Waals surface area contributed by atoms with Crippen molar-refractivity contribution < 1.29 is 4.74 Å². The van der Waals surface area contributed by atoms with E-state index in [1.165, 1.54) is 10.8 Å². The van der Waals surface area contributed by atoms with Gasteiger partial charge in [-0.1, -0.05) is 50.2 Å². The maximum absolute atomic E-state index is 5.92. The molecule has 2 N–H and O–H groups in total. The molecule has 102 valence electrons. The van der Waals surface area contributed by atoms with Crippen LogP contribution in [0.4, 0.5) is 0 Å². The topological polar surface area (TPSA) is 35.2 Å². The zero-order valence-corrected chi connectivity index (χ0v) is 11.9. The van der Waals surface area contributed by atoms with Crippen molar-refractivity contribution in [3.63, 3.8) is 0 Å². The van der Waals surface area contributed by atoms with Gasteiger partial charge in [-0.25, -0.2) is 0 Å². The minimum atomic E-state index is 0.210. The first-order chi connectivity index (χ1) is 9.12. The molecule has 0 saturated heterocycles. The van der Waals surface area contributed by atoms with Crippen molar-refractivity contribution in [3.8, 4) is 5.75 Å². The van der Waals surface area contributed by atoms with Gasteiger partial charge in [-0.3, -0.25) is 0 Å². The number of ether oxygens (including phenoxy) is 1. The predicted molar refractivity (Wildman–Crippen MR) is 81.5 cm³/mol. The summed E-state index contributed by atoms with van der Waals surface area (Å²) in [6.07, 6.45) is 2.13. The van der Waals surface area contributed by atoms with Crippen LogP contribution in [0.25, 0.3) is 10.8 Å². The molecule has 0 radical (unpaired) electrons. The lowest BCUT2D eigenvalue weighted by atomic mass is 9.88. The van der Waals surface area contributed by atoms with Gasteiger partial charge in [-0.15, -0.1) is 0 Å². The van der Waals surface area contributed by atoms with E-state index < -0.39 is 0 Å². The van der Waals surface area contributed by atoms with Crippen molar-refractivity contribution in [1.82, 2.24) is 0 Å². The van der Waals surface area contributed by atoms with Crippen molar-refractivity contribution >= 4 is 10.8 Å². The van der Waals surface area contributed by atoms with E-state index in [2.05, 4.69) is 38.1 Å². The van der Waals surface area contributed by atoms with Crippen LogP contribution in [-0.4, -0.2) is 13.2 Å². The molecule has 0 fully saturated rings. The van der Waals surface area contributed by atoms with Gasteiger partial charge in [-0.05, 0) is 36.3 Å². The molecule has 0 spiro atoms. The summed E-state index contributed by atoms with van der Waals surface area (Å²) in [6, 6.07) is 14.5. The molecular weight excluding hydrogens is 234 g/mol. The van der Waals surface area contributed by atoms with Gasteiger partial charge >= 0.3 is 0 Å². The molecular formula is C17H23NO. The smallest absolute Gasteiger partial charge is 0.127 e. The van der Waals surface area contributed by atoms with E-state index in [9.17, 15) is 0 Å². The average molecular weight is 257 g/mol. The van der Waals surface area contributed by atoms with Crippen LogP contribution >= 0.6 is 0 Å². The Morgan fingerprint density at radius 2 is 1.79 bits per heavy atom. The van der Waals surface area contributed by atoms with E-state index in [0.29, 0.717) is 0 Å². The highest BCUT2D eigenvalue weighted by atomic mass is 16.5. The Hall–Kier alpha value is -1.54. The predicted octanol–water partition coefficient (Wildman–Crippen LogP) is 3.98. The number of hydrogen-bond acceptors (Lipinski definition) is 2. The Balaban J connectivity index is 1.95. The Labute approximate surface area is 115 Å². The van der Waals surface area contributed by atoms with E-state index >= 15 is 0 Å². The molecule has 0 aliphatic carbocycles. The molecule has 0 unspecified atom stereocenters. The van der Waals surface area contributed by atoms with Crippen molar-refractivity contribution in [2.24, 2.45) is 11.1 Å². The highest BCUT2D eigenvalue weighted by Crippen LogP contribution is 2.26. The minimum absolute atomic E-state index is 0.210. The summed E-state index contributed by atoms with van der Waals surface area (Å²) >= 11 is 0. The first-order valence-corrected chi connectivity index (χ1v) is 6.93. The van der Waals surface area contributed by atoms with Gasteiger partial charge < -0.3 is 10.5 Å². The molecule has 0 aliphatic heterocycles. The van der Waals surface area contributed by atoms with Gasteiger partial charge in [0, 0.05) is 5.39 Å². The van der Waals surface area contributed by atoms with Crippen molar-refractivity contribution in [2.75, 3.05) is 13.2 Å². The highest BCUT2D eigenvalue weighted by molar-refractivity contribution is 5.88. The summed E-state index contributed by atoms with van der Waals surface area (Å²) in [5.74, 6) is 0.976. The maximum atomic E-state index is 5.92. The molecule has 2 heteroatoms. The number of rotatable bonds is 6. The van der Waals surface area contributed by atoms with Crippen LogP contribution in [0.15, 0.2) is 42.5 Å². The quantitative estimate of drug-likeness (QED) is 0.794. The molecule has 2 nitrogen and oxygen atoms in total. The fourth-order valence-electron chi connectivity index (χ4n) is 2.16. The molecule has 2 rings (SSSR count). The van der Waals surface area contributed by atoms with E-state index in [1.54, 1.807) is 0 Å². The fraction of sp³-hybridized carbons (Fsp3) is 0.412. The third-order valence-electron chi connectivity index (χ3n) is 3.56. The normalized spacial score (nSPS) is 11.7. The molecule has 0 aromatic heterocycles. The van der Waals surface area contributed by atoms with E-state index in [0.717, 1.165) is 31.7 Å². The molecule has 0 aliphatic rings. The first-order valence-electron chi connectivity index (χ1n) is 6.93. The van der Waals surface area contributed by atoms with Gasteiger partial charge in [0.2, 0.25) is 0 Å². The molecule has 0 bridgehead atoms. The zero-order valence-electron chi connectivity index (χ0n) is 11.9. The second-order valence-electron chi connectivity index (χ2n) is 5.80. The monoisotopic (exact) mass is 257 g/mol. The summed E-state index contributed by atoms with van der Waals surface area (Å²) < 4.78 is 5.92. The third-order valence-corrected chi connectivity index (χ3v) is 3.56. The van der Waals surface area contributed by atoms with Crippen molar-refractivity contribution in [3.05, 3.63) is 42.5 Å². The van der Waals surface area contributed by atoms with Crippen LogP contribution in [0, 0.1) is 5.41 Å². The number of hydrogen-bond donors (Lipinski definition) is 1. The number of benzene rings is 2. The summed E-state index contributed by atoms with van der Waals surface area (Å²) in [6.45, 7) is 5.87. The molecule has 19 heavy (non-hydrogen) atoms. The highest BCUT2D eigenvalue weighted by Gasteiger charge is 2.14. The van der Waals surface area contributed by atoms with Crippen LogP contribution in [0.3, 0.4) is 0 Å². The fourth-order valence-corrected chi connectivity index (χ4v) is 2.16. The van der Waals surface area contributed by atoms with Crippen LogP contribution in [0.1, 0.15) is 26.7 Å². The van der Waals surface area contributed by atoms with Crippen molar-refractivity contribution in [1.29, 1.82) is 0 Å². The van der Waals surface area contributed by atoms with Crippen molar-refractivity contribution in [2.45, 2.75) is 26.7 Å². The van der Waals surface area contributed by atoms with Crippen LogP contribution in [0.5, 0.6) is 5.75 Å². The third kappa shape index (κ3) is 3.71. The molecule has 0 amide bonds. The summed E-state index contributed by atoms with van der Waals surface area (Å²) in [4.78, 5) is 0. The maximum Gasteiger partial charge on any atom is 0.127 e. The molecule has 2 aromatic rings. The number of fused-ring (bicyclic) bond motifs is 1. The van der Waals surface area contributed by atoms with Gasteiger partial charge in [0.05, 0.1) is 6.61 Å². The van der Waals surface area contributed by atoms with E-state index in [-0.39, 0.29) is 5.41 Å². The van der Waals surface area contributed by atoms with Crippen LogP contribution in [0.2, 0.25) is 0 Å². The lowest BCUT2D eigenvalue weighted by molar-refractivity contribution is 0.263. The Bertz CT molecular complexity index is 528. The second kappa shape index (κ2) is 6.07. The SMILES string of the molecule is CC(C)(CN)CCCOc1cccc2ccccc12. The Morgan fingerprint density at radius 1 is 1.05 bits per heavy atom. The summed E-state index contributed by atoms with van der Waals surface area (Å²) in [5, 5.41) is 2.41. The largest absolute Gasteiger partial charge is 0.493 e. The van der Waals surface area contributed by atoms with Gasteiger partial charge in [0.25, 0.3) is 0 Å². The molecule has 2 aromatic carbocycles. The second-order valence-corrected chi connectivity index (χ2v) is 5.80.